The summed E-state index contributed by atoms with van der Waals surface area (Å²) in [6, 6.07) is -1.06. The number of hydrogen-bond donors (Lipinski definition) is 1. The second-order valence-electron chi connectivity index (χ2n) is 6.62. The molecule has 2 atom stereocenters. The molecule has 22 heavy (non-hydrogen) atoms. The zero-order chi connectivity index (χ0) is 17.4. The van der Waals surface area contributed by atoms with Crippen LogP contribution in [0.2, 0.25) is 0 Å². The van der Waals surface area contributed by atoms with Gasteiger partial charge in [0.1, 0.15) is 12.1 Å². The molecule has 0 saturated heterocycles. The van der Waals surface area contributed by atoms with Crippen molar-refractivity contribution in [1.29, 1.82) is 0 Å². The van der Waals surface area contributed by atoms with Crippen LogP contribution in [0.3, 0.4) is 0 Å². The smallest absolute Gasteiger partial charge is 0.245 e. The van der Waals surface area contributed by atoms with Crippen molar-refractivity contribution in [3.63, 3.8) is 0 Å². The van der Waals surface area contributed by atoms with E-state index in [-0.39, 0.29) is 23.7 Å². The summed E-state index contributed by atoms with van der Waals surface area (Å²) in [5.41, 5.74) is 0. The molecule has 3 amide bonds. The van der Waals surface area contributed by atoms with Crippen molar-refractivity contribution in [1.82, 2.24) is 15.1 Å². The molecule has 0 aliphatic carbocycles. The lowest BCUT2D eigenvalue weighted by Gasteiger charge is -2.34. The molecule has 1 N–H and O–H groups in total. The first kappa shape index (κ1) is 20.4. The summed E-state index contributed by atoms with van der Waals surface area (Å²) in [7, 11) is 4.80. The maximum absolute atomic E-state index is 12.8. The summed E-state index contributed by atoms with van der Waals surface area (Å²) in [5, 5.41) is 2.61. The van der Waals surface area contributed by atoms with E-state index in [0.29, 0.717) is 19.3 Å². The fourth-order valence-electron chi connectivity index (χ4n) is 2.40. The lowest BCUT2D eigenvalue weighted by atomic mass is 9.98. The van der Waals surface area contributed by atoms with Gasteiger partial charge in [0.05, 0.1) is 0 Å². The van der Waals surface area contributed by atoms with Crippen molar-refractivity contribution in [2.45, 2.75) is 52.6 Å². The van der Waals surface area contributed by atoms with Gasteiger partial charge in [0.15, 0.2) is 0 Å². The molecule has 6 heteroatoms. The Morgan fingerprint density at radius 2 is 1.45 bits per heavy atom. The molecule has 0 spiro atoms. The number of nitrogens with one attached hydrogen (secondary N) is 1. The number of carbonyl (C=O) groups excluding carboxylic acids is 3. The second-order valence-corrected chi connectivity index (χ2v) is 6.62. The lowest BCUT2D eigenvalue weighted by molar-refractivity contribution is -0.145. The van der Waals surface area contributed by atoms with Crippen molar-refractivity contribution in [3.05, 3.63) is 0 Å². The Balaban J connectivity index is 5.29. The largest absolute Gasteiger partial charge is 0.357 e. The summed E-state index contributed by atoms with van der Waals surface area (Å²) < 4.78 is 0. The van der Waals surface area contributed by atoms with E-state index in [0.717, 1.165) is 0 Å². The van der Waals surface area contributed by atoms with E-state index in [1.807, 2.05) is 27.7 Å². The monoisotopic (exact) mass is 313 g/mol. The molecule has 0 aliphatic rings. The normalized spacial score (nSPS) is 13.7. The average molecular weight is 313 g/mol. The van der Waals surface area contributed by atoms with Gasteiger partial charge in [-0.1, -0.05) is 27.7 Å². The Labute approximate surface area is 134 Å². The molecule has 0 bridgehead atoms. The predicted octanol–water partition coefficient (Wildman–Crippen LogP) is 1.11. The van der Waals surface area contributed by atoms with Crippen molar-refractivity contribution >= 4 is 18.2 Å². The van der Waals surface area contributed by atoms with Crippen LogP contribution in [0.25, 0.3) is 0 Å². The highest BCUT2D eigenvalue weighted by molar-refractivity contribution is 5.90. The lowest BCUT2D eigenvalue weighted by Crippen LogP contribution is -2.53. The van der Waals surface area contributed by atoms with E-state index in [4.69, 9.17) is 0 Å². The van der Waals surface area contributed by atoms with Crippen LogP contribution in [0.15, 0.2) is 0 Å². The van der Waals surface area contributed by atoms with E-state index >= 15 is 0 Å². The minimum Gasteiger partial charge on any atom is -0.357 e. The first-order valence-electron chi connectivity index (χ1n) is 7.81. The molecule has 0 aromatic heterocycles. The minimum atomic E-state index is -0.540. The van der Waals surface area contributed by atoms with Crippen LogP contribution >= 0.6 is 0 Å². The average Bonchev–Trinajstić information content (AvgIpc) is 2.46. The van der Waals surface area contributed by atoms with E-state index in [1.54, 1.807) is 21.1 Å². The highest BCUT2D eigenvalue weighted by Gasteiger charge is 2.33. The first-order valence-corrected chi connectivity index (χ1v) is 7.81. The molecule has 0 aromatic carbocycles. The van der Waals surface area contributed by atoms with Gasteiger partial charge in [-0.3, -0.25) is 14.4 Å². The summed E-state index contributed by atoms with van der Waals surface area (Å²) in [6.45, 7) is 8.03. The number of nitrogens with zero attached hydrogens (tertiary/aromatic N) is 2. The Kier molecular flexibility index (Phi) is 8.75. The minimum absolute atomic E-state index is 0.179. The van der Waals surface area contributed by atoms with Crippen molar-refractivity contribution in [2.24, 2.45) is 11.8 Å². The SMILES string of the molecule is CNC(=O)[C@H](CC(C)C)N(C)C(=O)[C@H](CC(C)C)N(C)C=O. The highest BCUT2D eigenvalue weighted by atomic mass is 16.2. The van der Waals surface area contributed by atoms with Gasteiger partial charge in [-0.05, 0) is 24.7 Å². The fourth-order valence-corrected chi connectivity index (χ4v) is 2.40. The quantitative estimate of drug-likeness (QED) is 0.648. The van der Waals surface area contributed by atoms with Gasteiger partial charge in [-0.25, -0.2) is 0 Å². The van der Waals surface area contributed by atoms with Crippen LogP contribution < -0.4 is 5.32 Å². The van der Waals surface area contributed by atoms with Crippen LogP contribution in [0.4, 0.5) is 0 Å². The third kappa shape index (κ3) is 6.03. The molecule has 0 aromatic rings. The zero-order valence-corrected chi connectivity index (χ0v) is 14.9. The zero-order valence-electron chi connectivity index (χ0n) is 14.9. The van der Waals surface area contributed by atoms with Gasteiger partial charge in [0.25, 0.3) is 0 Å². The number of likely N-dealkylation sites (N-methyl/N-ethyl adjacent to an activating group) is 3. The number of amides is 3. The van der Waals surface area contributed by atoms with Crippen LogP contribution in [0, 0.1) is 11.8 Å². The van der Waals surface area contributed by atoms with Gasteiger partial charge >= 0.3 is 0 Å². The molecule has 0 fully saturated rings. The number of rotatable bonds is 9. The summed E-state index contributed by atoms with van der Waals surface area (Å²) in [4.78, 5) is 38.8. The van der Waals surface area contributed by atoms with Crippen LogP contribution in [-0.4, -0.2) is 61.3 Å². The molecular weight excluding hydrogens is 282 g/mol. The summed E-state index contributed by atoms with van der Waals surface area (Å²) >= 11 is 0. The molecule has 0 radical (unpaired) electrons. The van der Waals surface area contributed by atoms with E-state index in [1.165, 1.54) is 9.80 Å². The standard InChI is InChI=1S/C16H31N3O3/c1-11(2)8-13(15(21)17-5)19(7)16(22)14(9-12(3)4)18(6)10-20/h10-14H,8-9H2,1-7H3,(H,17,21)/t13-,14-/m0/s1. The van der Waals surface area contributed by atoms with Crippen LogP contribution in [-0.2, 0) is 14.4 Å². The van der Waals surface area contributed by atoms with Gasteiger partial charge in [-0.15, -0.1) is 0 Å². The van der Waals surface area contributed by atoms with E-state index in [9.17, 15) is 14.4 Å². The molecule has 6 nitrogen and oxygen atoms in total. The molecular formula is C16H31N3O3. The Morgan fingerprint density at radius 1 is 1.00 bits per heavy atom. The van der Waals surface area contributed by atoms with E-state index in [2.05, 4.69) is 5.32 Å². The third-order valence-electron chi connectivity index (χ3n) is 3.70. The number of carbonyl (C=O) groups is 3. The number of hydrogen-bond acceptors (Lipinski definition) is 3. The first-order chi connectivity index (χ1) is 10.1. The molecule has 128 valence electrons. The van der Waals surface area contributed by atoms with Gasteiger partial charge in [0.2, 0.25) is 18.2 Å². The molecule has 0 heterocycles. The third-order valence-corrected chi connectivity index (χ3v) is 3.70. The summed E-state index contributed by atoms with van der Waals surface area (Å²) in [5.74, 6) is 0.178. The van der Waals surface area contributed by atoms with Crippen molar-refractivity contribution in [2.75, 3.05) is 21.1 Å². The van der Waals surface area contributed by atoms with Crippen molar-refractivity contribution in [3.8, 4) is 0 Å². The predicted molar refractivity (Wildman–Crippen MR) is 87.1 cm³/mol. The topological polar surface area (TPSA) is 69.7 Å². The molecule has 0 aliphatic heterocycles. The highest BCUT2D eigenvalue weighted by Crippen LogP contribution is 2.16. The van der Waals surface area contributed by atoms with Crippen LogP contribution in [0.5, 0.6) is 0 Å². The van der Waals surface area contributed by atoms with E-state index < -0.39 is 12.1 Å². The molecule has 0 rings (SSSR count). The Morgan fingerprint density at radius 3 is 1.82 bits per heavy atom. The Hall–Kier alpha value is -1.59. The van der Waals surface area contributed by atoms with Gasteiger partial charge in [-0.2, -0.15) is 0 Å². The fraction of sp³-hybridized carbons (Fsp3) is 0.812. The Bertz CT molecular complexity index is 383. The summed E-state index contributed by atoms with van der Waals surface area (Å²) in [6.07, 6.45) is 1.82. The van der Waals surface area contributed by atoms with Crippen LogP contribution in [0.1, 0.15) is 40.5 Å². The maximum atomic E-state index is 12.8. The van der Waals surface area contributed by atoms with Gasteiger partial charge in [0, 0.05) is 21.1 Å². The molecule has 0 unspecified atom stereocenters. The van der Waals surface area contributed by atoms with Gasteiger partial charge < -0.3 is 15.1 Å². The maximum Gasteiger partial charge on any atom is 0.245 e. The van der Waals surface area contributed by atoms with Crippen molar-refractivity contribution < 1.29 is 14.4 Å². The second kappa shape index (κ2) is 9.43. The molecule has 0 saturated carbocycles.